The van der Waals surface area contributed by atoms with Crippen molar-refractivity contribution < 1.29 is 8.85 Å². The Labute approximate surface area is 109 Å². The van der Waals surface area contributed by atoms with Crippen LogP contribution in [0, 0.1) is 0 Å². The molecule has 4 heteroatoms. The Hall–Kier alpha value is -0.226. The Bertz CT molecular complexity index is 259. The molecule has 0 aliphatic heterocycles. The van der Waals surface area contributed by atoms with Gasteiger partial charge in [0.25, 0.3) is 5.95 Å². The van der Waals surface area contributed by atoms with E-state index in [0.29, 0.717) is 0 Å². The van der Waals surface area contributed by atoms with Crippen molar-refractivity contribution in [2.45, 2.75) is 71.4 Å². The molecule has 0 aromatic carbocycles. The summed E-state index contributed by atoms with van der Waals surface area (Å²) in [5, 5.41) is 0. The van der Waals surface area contributed by atoms with Gasteiger partial charge in [-0.3, -0.25) is 0 Å². The highest BCUT2D eigenvalue weighted by molar-refractivity contribution is 6.71. The maximum absolute atomic E-state index is 6.18. The monoisotopic (exact) mass is 272 g/mol. The number of hydrogen-bond donors (Lipinski definition) is 0. The summed E-state index contributed by atoms with van der Waals surface area (Å²) in [6.07, 6.45) is 6.29. The van der Waals surface area contributed by atoms with E-state index < -0.39 is 16.6 Å². The summed E-state index contributed by atoms with van der Waals surface area (Å²) < 4.78 is 12.4. The van der Waals surface area contributed by atoms with E-state index in [0.717, 1.165) is 5.95 Å². The minimum Gasteiger partial charge on any atom is -0.521 e. The van der Waals surface area contributed by atoms with Gasteiger partial charge in [0.2, 0.25) is 16.6 Å². The van der Waals surface area contributed by atoms with Crippen molar-refractivity contribution in [3.05, 3.63) is 11.5 Å². The number of allylic oxidation sites excluding steroid dienone is 1. The Morgan fingerprint density at radius 3 is 1.53 bits per heavy atom. The Balaban J connectivity index is 2.84. The molecule has 0 N–H and O–H groups in total. The van der Waals surface area contributed by atoms with Gasteiger partial charge >= 0.3 is 0 Å². The Kier molecular flexibility index (Phi) is 4.89. The van der Waals surface area contributed by atoms with E-state index in [-0.39, 0.29) is 0 Å². The summed E-state index contributed by atoms with van der Waals surface area (Å²) in [4.78, 5) is 0. The molecule has 0 radical (unpaired) electrons. The summed E-state index contributed by atoms with van der Waals surface area (Å²) in [6, 6.07) is 0. The van der Waals surface area contributed by atoms with E-state index in [9.17, 15) is 0 Å². The van der Waals surface area contributed by atoms with Gasteiger partial charge < -0.3 is 8.85 Å². The van der Waals surface area contributed by atoms with Crippen molar-refractivity contribution in [3.63, 3.8) is 0 Å². The van der Waals surface area contributed by atoms with Crippen LogP contribution in [0.5, 0.6) is 0 Å². The normalized spacial score (nSPS) is 17.9. The van der Waals surface area contributed by atoms with Crippen molar-refractivity contribution in [2.75, 3.05) is 0 Å². The molecule has 1 saturated carbocycles. The van der Waals surface area contributed by atoms with Crippen molar-refractivity contribution in [1.82, 2.24) is 0 Å². The third-order valence-corrected chi connectivity index (χ3v) is 4.14. The highest BCUT2D eigenvalue weighted by Gasteiger charge is 2.26. The zero-order valence-electron chi connectivity index (χ0n) is 12.4. The molecule has 1 fully saturated rings. The molecule has 0 aromatic rings. The maximum Gasteiger partial charge on any atom is 0.250 e. The summed E-state index contributed by atoms with van der Waals surface area (Å²) >= 11 is 0. The molecule has 0 aromatic heterocycles. The van der Waals surface area contributed by atoms with Crippen molar-refractivity contribution in [2.24, 2.45) is 0 Å². The van der Waals surface area contributed by atoms with Gasteiger partial charge in [-0.2, -0.15) is 0 Å². The minimum absolute atomic E-state index is 0.906. The van der Waals surface area contributed by atoms with Crippen LogP contribution in [0.1, 0.15) is 32.1 Å². The first-order chi connectivity index (χ1) is 7.67. The zero-order valence-corrected chi connectivity index (χ0v) is 14.4. The fourth-order valence-electron chi connectivity index (χ4n) is 1.90. The highest BCUT2D eigenvalue weighted by atomic mass is 28.4. The maximum atomic E-state index is 6.18. The number of rotatable bonds is 4. The van der Waals surface area contributed by atoms with Crippen LogP contribution in [0.2, 0.25) is 39.3 Å². The second-order valence-electron chi connectivity index (χ2n) is 6.88. The smallest absolute Gasteiger partial charge is 0.250 e. The quantitative estimate of drug-likeness (QED) is 0.537. The lowest BCUT2D eigenvalue weighted by Crippen LogP contribution is -2.32. The van der Waals surface area contributed by atoms with Gasteiger partial charge in [0.1, 0.15) is 0 Å². The SMILES string of the molecule is C[Si](C)(C)OC(O[Si](C)(C)C)=C1CCCCC1. The molecule has 100 valence electrons. The van der Waals surface area contributed by atoms with Gasteiger partial charge in [0.15, 0.2) is 0 Å². The standard InChI is InChI=1S/C13H28O2Si2/c1-16(2,3)14-13(15-17(4,5)6)12-10-8-7-9-11-12/h7-11H2,1-6H3. The molecule has 0 amide bonds. The van der Waals surface area contributed by atoms with Gasteiger partial charge in [-0.25, -0.2) is 0 Å². The first-order valence-electron chi connectivity index (χ1n) is 6.77. The predicted molar refractivity (Wildman–Crippen MR) is 79.0 cm³/mol. The first-order valence-corrected chi connectivity index (χ1v) is 13.6. The third kappa shape index (κ3) is 6.31. The van der Waals surface area contributed by atoms with Crippen molar-refractivity contribution in [1.29, 1.82) is 0 Å². The average Bonchev–Trinajstić information content (AvgIpc) is 2.14. The van der Waals surface area contributed by atoms with E-state index in [1.165, 1.54) is 37.7 Å². The molecular weight excluding hydrogens is 244 g/mol. The third-order valence-electron chi connectivity index (χ3n) is 2.54. The zero-order chi connectivity index (χ0) is 13.1. The topological polar surface area (TPSA) is 18.5 Å². The molecule has 0 spiro atoms. The largest absolute Gasteiger partial charge is 0.521 e. The van der Waals surface area contributed by atoms with E-state index >= 15 is 0 Å². The average molecular weight is 273 g/mol. The van der Waals surface area contributed by atoms with Crippen LogP contribution in [0.15, 0.2) is 11.5 Å². The molecule has 0 saturated heterocycles. The fraction of sp³-hybridized carbons (Fsp3) is 0.846. The van der Waals surface area contributed by atoms with E-state index in [1.807, 2.05) is 0 Å². The Morgan fingerprint density at radius 1 is 0.765 bits per heavy atom. The lowest BCUT2D eigenvalue weighted by atomic mass is 9.96. The van der Waals surface area contributed by atoms with Crippen LogP contribution in [0.3, 0.4) is 0 Å². The van der Waals surface area contributed by atoms with Crippen LogP contribution in [0.25, 0.3) is 0 Å². The lowest BCUT2D eigenvalue weighted by Gasteiger charge is -2.30. The van der Waals surface area contributed by atoms with E-state index in [2.05, 4.69) is 39.3 Å². The highest BCUT2D eigenvalue weighted by Crippen LogP contribution is 2.30. The second-order valence-corrected chi connectivity index (χ2v) is 15.7. The summed E-state index contributed by atoms with van der Waals surface area (Å²) in [5.41, 5.74) is 1.43. The molecule has 2 nitrogen and oxygen atoms in total. The molecule has 1 rings (SSSR count). The molecule has 0 bridgehead atoms. The van der Waals surface area contributed by atoms with Crippen LogP contribution >= 0.6 is 0 Å². The van der Waals surface area contributed by atoms with Crippen LogP contribution in [-0.4, -0.2) is 16.6 Å². The van der Waals surface area contributed by atoms with Gasteiger partial charge in [0, 0.05) is 5.57 Å². The second kappa shape index (κ2) is 5.61. The minimum atomic E-state index is -1.56. The van der Waals surface area contributed by atoms with Crippen molar-refractivity contribution in [3.8, 4) is 0 Å². The molecule has 0 atom stereocenters. The summed E-state index contributed by atoms with van der Waals surface area (Å²) in [6.45, 7) is 13.4. The summed E-state index contributed by atoms with van der Waals surface area (Å²) in [7, 11) is -3.13. The molecular formula is C13H28O2Si2. The first kappa shape index (κ1) is 14.8. The molecule has 0 unspecified atom stereocenters. The lowest BCUT2D eigenvalue weighted by molar-refractivity contribution is 0.204. The Morgan fingerprint density at radius 2 is 1.18 bits per heavy atom. The van der Waals surface area contributed by atoms with Gasteiger partial charge in [-0.1, -0.05) is 6.42 Å². The van der Waals surface area contributed by atoms with E-state index in [1.54, 1.807) is 0 Å². The predicted octanol–water partition coefficient (Wildman–Crippen LogP) is 4.87. The fourth-order valence-corrected chi connectivity index (χ4v) is 3.47. The van der Waals surface area contributed by atoms with Crippen LogP contribution in [-0.2, 0) is 8.85 Å². The number of hydrogen-bond acceptors (Lipinski definition) is 2. The van der Waals surface area contributed by atoms with Crippen molar-refractivity contribution >= 4 is 16.6 Å². The molecule has 17 heavy (non-hydrogen) atoms. The molecule has 1 aliphatic rings. The van der Waals surface area contributed by atoms with E-state index in [4.69, 9.17) is 8.85 Å². The van der Waals surface area contributed by atoms with Gasteiger partial charge in [-0.05, 0) is 65.0 Å². The molecule has 0 heterocycles. The molecule has 1 aliphatic carbocycles. The van der Waals surface area contributed by atoms with Gasteiger partial charge in [0.05, 0.1) is 0 Å². The van der Waals surface area contributed by atoms with Gasteiger partial charge in [-0.15, -0.1) is 0 Å². The van der Waals surface area contributed by atoms with Crippen LogP contribution in [0.4, 0.5) is 0 Å². The van der Waals surface area contributed by atoms with Crippen LogP contribution < -0.4 is 0 Å². The summed E-state index contributed by atoms with van der Waals surface area (Å²) in [5.74, 6) is 0.906.